The molecule has 0 saturated heterocycles. The van der Waals surface area contributed by atoms with E-state index in [1.807, 2.05) is 0 Å². The fraction of sp³-hybridized carbons (Fsp3) is 0.385. The Kier molecular flexibility index (Phi) is 5.81. The summed E-state index contributed by atoms with van der Waals surface area (Å²) in [6.45, 7) is 2.28. The van der Waals surface area contributed by atoms with Crippen LogP contribution < -0.4 is 15.4 Å². The Labute approximate surface area is 111 Å². The summed E-state index contributed by atoms with van der Waals surface area (Å²) < 4.78 is 5.00. The molecule has 1 amide bonds. The van der Waals surface area contributed by atoms with Crippen molar-refractivity contribution in [1.29, 1.82) is 0 Å². The number of hydrogen-bond donors (Lipinski definition) is 3. The number of aliphatic carboxylic acids is 1. The summed E-state index contributed by atoms with van der Waals surface area (Å²) in [5.74, 6) is -0.695. The van der Waals surface area contributed by atoms with Crippen molar-refractivity contribution in [3.63, 3.8) is 0 Å². The molecule has 6 nitrogen and oxygen atoms in total. The van der Waals surface area contributed by atoms with E-state index in [-0.39, 0.29) is 12.3 Å². The maximum Gasteiger partial charge on any atom is 0.321 e. The van der Waals surface area contributed by atoms with E-state index in [9.17, 15) is 9.59 Å². The number of amides is 1. The molecule has 19 heavy (non-hydrogen) atoms. The second-order valence-electron chi connectivity index (χ2n) is 3.93. The molecule has 0 spiro atoms. The van der Waals surface area contributed by atoms with E-state index in [1.54, 1.807) is 38.3 Å². The number of nitrogens with one attached hydrogen (secondary N) is 2. The number of carbonyl (C=O) groups excluding carboxylic acids is 1. The zero-order valence-corrected chi connectivity index (χ0v) is 11.0. The van der Waals surface area contributed by atoms with Gasteiger partial charge in [-0.2, -0.15) is 0 Å². The number of ether oxygens (including phenoxy) is 1. The molecule has 0 aliphatic carbocycles. The molecule has 0 aliphatic rings. The van der Waals surface area contributed by atoms with Gasteiger partial charge in [0.2, 0.25) is 5.91 Å². The molecule has 0 saturated carbocycles. The first-order chi connectivity index (χ1) is 9.06. The minimum Gasteiger partial charge on any atom is -0.497 e. The number of carbonyl (C=O) groups is 2. The highest BCUT2D eigenvalue weighted by Gasteiger charge is 2.19. The lowest BCUT2D eigenvalue weighted by Crippen LogP contribution is -2.39. The normalized spacial score (nSPS) is 11.7. The molecule has 104 valence electrons. The van der Waals surface area contributed by atoms with E-state index >= 15 is 0 Å². The second kappa shape index (κ2) is 7.38. The van der Waals surface area contributed by atoms with Crippen LogP contribution in [0.4, 0.5) is 5.69 Å². The molecule has 0 aromatic heterocycles. The number of rotatable bonds is 7. The smallest absolute Gasteiger partial charge is 0.321 e. The summed E-state index contributed by atoms with van der Waals surface area (Å²) in [7, 11) is 1.56. The summed E-state index contributed by atoms with van der Waals surface area (Å²) in [6.07, 6.45) is -0.116. The van der Waals surface area contributed by atoms with Crippen molar-refractivity contribution >= 4 is 17.6 Å². The van der Waals surface area contributed by atoms with Gasteiger partial charge in [0.25, 0.3) is 0 Å². The first kappa shape index (κ1) is 15.0. The number of carboxylic acid groups (broad SMARTS) is 1. The quantitative estimate of drug-likeness (QED) is 0.687. The SMILES string of the molecule is CCNC(CC(=O)Nc1ccc(OC)cc1)C(=O)O. The zero-order chi connectivity index (χ0) is 14.3. The minimum absolute atomic E-state index is 0.116. The highest BCUT2D eigenvalue weighted by molar-refractivity contribution is 5.94. The highest BCUT2D eigenvalue weighted by atomic mass is 16.5. The number of benzene rings is 1. The van der Waals surface area contributed by atoms with Crippen LogP contribution in [0.3, 0.4) is 0 Å². The average Bonchev–Trinajstić information content (AvgIpc) is 2.39. The zero-order valence-electron chi connectivity index (χ0n) is 11.0. The molecule has 0 heterocycles. The Morgan fingerprint density at radius 2 is 1.95 bits per heavy atom. The van der Waals surface area contributed by atoms with E-state index in [0.29, 0.717) is 18.0 Å². The van der Waals surface area contributed by atoms with Crippen molar-refractivity contribution in [3.8, 4) is 5.75 Å². The van der Waals surface area contributed by atoms with E-state index in [2.05, 4.69) is 10.6 Å². The fourth-order valence-corrected chi connectivity index (χ4v) is 1.56. The van der Waals surface area contributed by atoms with E-state index in [4.69, 9.17) is 9.84 Å². The van der Waals surface area contributed by atoms with Crippen LogP contribution in [0.1, 0.15) is 13.3 Å². The van der Waals surface area contributed by atoms with Gasteiger partial charge in [0.05, 0.1) is 13.5 Å². The van der Waals surface area contributed by atoms with Gasteiger partial charge in [0, 0.05) is 5.69 Å². The molecule has 1 atom stereocenters. The Bertz CT molecular complexity index is 431. The Hall–Kier alpha value is -2.08. The molecule has 0 fully saturated rings. The second-order valence-corrected chi connectivity index (χ2v) is 3.93. The van der Waals surface area contributed by atoms with Gasteiger partial charge < -0.3 is 20.5 Å². The van der Waals surface area contributed by atoms with Crippen LogP contribution in [-0.2, 0) is 9.59 Å². The van der Waals surface area contributed by atoms with Crippen LogP contribution in [0.2, 0.25) is 0 Å². The molecular formula is C13H18N2O4. The number of carboxylic acids is 1. The summed E-state index contributed by atoms with van der Waals surface area (Å²) in [4.78, 5) is 22.6. The molecular weight excluding hydrogens is 248 g/mol. The van der Waals surface area contributed by atoms with Crippen molar-refractivity contribution in [2.75, 3.05) is 19.0 Å². The minimum atomic E-state index is -1.04. The largest absolute Gasteiger partial charge is 0.497 e. The predicted molar refractivity (Wildman–Crippen MR) is 71.3 cm³/mol. The van der Waals surface area contributed by atoms with Crippen LogP contribution in [0, 0.1) is 0 Å². The molecule has 6 heteroatoms. The molecule has 1 rings (SSSR count). The van der Waals surface area contributed by atoms with Crippen LogP contribution in [0.25, 0.3) is 0 Å². The van der Waals surface area contributed by atoms with Gasteiger partial charge in [-0.3, -0.25) is 9.59 Å². The van der Waals surface area contributed by atoms with Gasteiger partial charge in [-0.1, -0.05) is 6.92 Å². The highest BCUT2D eigenvalue weighted by Crippen LogP contribution is 2.15. The third kappa shape index (κ3) is 4.97. The van der Waals surface area contributed by atoms with E-state index in [0.717, 1.165) is 0 Å². The first-order valence-electron chi connectivity index (χ1n) is 5.97. The Balaban J connectivity index is 2.55. The number of anilines is 1. The lowest BCUT2D eigenvalue weighted by Gasteiger charge is -2.13. The summed E-state index contributed by atoms with van der Waals surface area (Å²) in [6, 6.07) is 5.95. The van der Waals surface area contributed by atoms with Gasteiger partial charge in [0.15, 0.2) is 0 Å². The van der Waals surface area contributed by atoms with Crippen molar-refractivity contribution in [2.45, 2.75) is 19.4 Å². The maximum absolute atomic E-state index is 11.7. The van der Waals surface area contributed by atoms with Crippen molar-refractivity contribution < 1.29 is 19.4 Å². The van der Waals surface area contributed by atoms with Crippen molar-refractivity contribution in [2.24, 2.45) is 0 Å². The summed E-state index contributed by atoms with van der Waals surface area (Å²) >= 11 is 0. The monoisotopic (exact) mass is 266 g/mol. The molecule has 3 N–H and O–H groups in total. The van der Waals surface area contributed by atoms with Crippen LogP contribution in [-0.4, -0.2) is 36.7 Å². The third-order valence-corrected chi connectivity index (χ3v) is 2.51. The van der Waals surface area contributed by atoms with Gasteiger partial charge in [0.1, 0.15) is 11.8 Å². The van der Waals surface area contributed by atoms with Crippen LogP contribution in [0.5, 0.6) is 5.75 Å². The third-order valence-electron chi connectivity index (χ3n) is 2.51. The molecule has 0 radical (unpaired) electrons. The molecule has 1 aromatic carbocycles. The first-order valence-corrected chi connectivity index (χ1v) is 5.97. The average molecular weight is 266 g/mol. The number of likely N-dealkylation sites (N-methyl/N-ethyl adjacent to an activating group) is 1. The Morgan fingerprint density at radius 3 is 2.42 bits per heavy atom. The van der Waals surface area contributed by atoms with Crippen LogP contribution >= 0.6 is 0 Å². The predicted octanol–water partition coefficient (Wildman–Crippen LogP) is 1.09. The maximum atomic E-state index is 11.7. The standard InChI is InChI=1S/C13H18N2O4/c1-3-14-11(13(17)18)8-12(16)15-9-4-6-10(19-2)7-5-9/h4-7,11,14H,3,8H2,1-2H3,(H,15,16)(H,17,18). The van der Waals surface area contributed by atoms with Crippen molar-refractivity contribution in [1.82, 2.24) is 5.32 Å². The fourth-order valence-electron chi connectivity index (χ4n) is 1.56. The Morgan fingerprint density at radius 1 is 1.32 bits per heavy atom. The molecule has 0 aliphatic heterocycles. The summed E-state index contributed by atoms with van der Waals surface area (Å²) in [5, 5.41) is 14.3. The van der Waals surface area contributed by atoms with Gasteiger partial charge >= 0.3 is 5.97 Å². The summed E-state index contributed by atoms with van der Waals surface area (Å²) in [5.41, 5.74) is 0.603. The topological polar surface area (TPSA) is 87.7 Å². The molecule has 0 bridgehead atoms. The van der Waals surface area contributed by atoms with Gasteiger partial charge in [-0.15, -0.1) is 0 Å². The molecule has 1 unspecified atom stereocenters. The number of methoxy groups -OCH3 is 1. The lowest BCUT2D eigenvalue weighted by molar-refractivity contribution is -0.141. The van der Waals surface area contributed by atoms with E-state index in [1.165, 1.54) is 0 Å². The number of hydrogen-bond acceptors (Lipinski definition) is 4. The van der Waals surface area contributed by atoms with Gasteiger partial charge in [-0.05, 0) is 30.8 Å². The van der Waals surface area contributed by atoms with Crippen molar-refractivity contribution in [3.05, 3.63) is 24.3 Å². The van der Waals surface area contributed by atoms with Crippen LogP contribution in [0.15, 0.2) is 24.3 Å². The van der Waals surface area contributed by atoms with Gasteiger partial charge in [-0.25, -0.2) is 0 Å². The molecule has 1 aromatic rings. The van der Waals surface area contributed by atoms with E-state index < -0.39 is 12.0 Å². The lowest BCUT2D eigenvalue weighted by atomic mass is 10.2.